The van der Waals surface area contributed by atoms with E-state index in [0.717, 1.165) is 12.1 Å². The van der Waals surface area contributed by atoms with E-state index in [1.54, 1.807) is 18.3 Å². The molecule has 1 aromatic heterocycles. The number of nitrogens with zero attached hydrogens (tertiary/aromatic N) is 2. The Labute approximate surface area is 103 Å². The van der Waals surface area contributed by atoms with Crippen molar-refractivity contribution in [3.63, 3.8) is 0 Å². The van der Waals surface area contributed by atoms with Gasteiger partial charge in [0, 0.05) is 12.7 Å². The van der Waals surface area contributed by atoms with Crippen LogP contribution in [-0.4, -0.2) is 4.98 Å². The highest BCUT2D eigenvalue weighted by molar-refractivity contribution is 5.51. The summed E-state index contributed by atoms with van der Waals surface area (Å²) in [7, 11) is 0. The number of hydrogen-bond donors (Lipinski definition) is 1. The second-order valence-electron chi connectivity index (χ2n) is 3.61. The standard InChI is InChI=1S/C13H9F2N3/c14-11-4-3-9(6-12(11)15)8-18-13-10(7-16)2-1-5-17-13/h1-6H,8H2,(H,17,18). The van der Waals surface area contributed by atoms with Crippen LogP contribution < -0.4 is 5.32 Å². The van der Waals surface area contributed by atoms with Crippen molar-refractivity contribution in [2.75, 3.05) is 5.32 Å². The molecular formula is C13H9F2N3. The number of rotatable bonds is 3. The van der Waals surface area contributed by atoms with Crippen LogP contribution in [0.2, 0.25) is 0 Å². The maximum Gasteiger partial charge on any atom is 0.159 e. The average Bonchev–Trinajstić information content (AvgIpc) is 2.40. The molecule has 0 aliphatic heterocycles. The van der Waals surface area contributed by atoms with Crippen molar-refractivity contribution >= 4 is 5.82 Å². The lowest BCUT2D eigenvalue weighted by molar-refractivity contribution is 0.507. The Morgan fingerprint density at radius 2 is 2.06 bits per heavy atom. The zero-order valence-corrected chi connectivity index (χ0v) is 9.32. The highest BCUT2D eigenvalue weighted by Gasteiger charge is 2.04. The summed E-state index contributed by atoms with van der Waals surface area (Å²) in [6, 6.07) is 8.92. The third-order valence-corrected chi connectivity index (χ3v) is 2.37. The number of anilines is 1. The van der Waals surface area contributed by atoms with Gasteiger partial charge in [0.15, 0.2) is 11.6 Å². The smallest absolute Gasteiger partial charge is 0.159 e. The monoisotopic (exact) mass is 245 g/mol. The van der Waals surface area contributed by atoms with Crippen molar-refractivity contribution in [1.29, 1.82) is 5.26 Å². The molecule has 0 unspecified atom stereocenters. The van der Waals surface area contributed by atoms with Crippen LogP contribution in [0, 0.1) is 23.0 Å². The number of nitriles is 1. The predicted molar refractivity (Wildman–Crippen MR) is 62.6 cm³/mol. The molecule has 18 heavy (non-hydrogen) atoms. The Morgan fingerprint density at radius 1 is 1.22 bits per heavy atom. The Kier molecular flexibility index (Phi) is 3.49. The quantitative estimate of drug-likeness (QED) is 0.904. The molecule has 90 valence electrons. The van der Waals surface area contributed by atoms with Crippen molar-refractivity contribution in [2.45, 2.75) is 6.54 Å². The number of aromatic nitrogens is 1. The van der Waals surface area contributed by atoms with Crippen molar-refractivity contribution in [3.05, 3.63) is 59.3 Å². The largest absolute Gasteiger partial charge is 0.365 e. The molecule has 0 amide bonds. The van der Waals surface area contributed by atoms with Crippen LogP contribution in [0.15, 0.2) is 36.5 Å². The zero-order valence-electron chi connectivity index (χ0n) is 9.32. The van der Waals surface area contributed by atoms with Crippen LogP contribution >= 0.6 is 0 Å². The van der Waals surface area contributed by atoms with E-state index >= 15 is 0 Å². The molecule has 0 saturated carbocycles. The summed E-state index contributed by atoms with van der Waals surface area (Å²) in [4.78, 5) is 4.00. The molecule has 2 rings (SSSR count). The first-order valence-electron chi connectivity index (χ1n) is 5.23. The fraction of sp³-hybridized carbons (Fsp3) is 0.0769. The Bertz CT molecular complexity index is 605. The van der Waals surface area contributed by atoms with E-state index in [0.29, 0.717) is 16.9 Å². The van der Waals surface area contributed by atoms with Crippen LogP contribution in [-0.2, 0) is 6.54 Å². The third kappa shape index (κ3) is 2.61. The summed E-state index contributed by atoms with van der Waals surface area (Å²) >= 11 is 0. The molecule has 5 heteroatoms. The van der Waals surface area contributed by atoms with E-state index in [-0.39, 0.29) is 6.54 Å². The molecule has 0 atom stereocenters. The van der Waals surface area contributed by atoms with Gasteiger partial charge >= 0.3 is 0 Å². The minimum absolute atomic E-state index is 0.267. The number of nitrogens with one attached hydrogen (secondary N) is 1. The van der Waals surface area contributed by atoms with E-state index in [1.807, 2.05) is 6.07 Å². The van der Waals surface area contributed by atoms with Crippen molar-refractivity contribution in [3.8, 4) is 6.07 Å². The summed E-state index contributed by atoms with van der Waals surface area (Å²) < 4.78 is 25.7. The van der Waals surface area contributed by atoms with Crippen LogP contribution in [0.4, 0.5) is 14.6 Å². The molecule has 0 radical (unpaired) electrons. The topological polar surface area (TPSA) is 48.7 Å². The fourth-order valence-corrected chi connectivity index (χ4v) is 1.47. The van der Waals surface area contributed by atoms with E-state index in [4.69, 9.17) is 5.26 Å². The second kappa shape index (κ2) is 5.23. The maximum atomic E-state index is 13.0. The second-order valence-corrected chi connectivity index (χ2v) is 3.61. The predicted octanol–water partition coefficient (Wildman–Crippen LogP) is 2.84. The number of hydrogen-bond acceptors (Lipinski definition) is 3. The van der Waals surface area contributed by atoms with Crippen LogP contribution in [0.3, 0.4) is 0 Å². The first kappa shape index (κ1) is 12.0. The van der Waals surface area contributed by atoms with Gasteiger partial charge in [-0.15, -0.1) is 0 Å². The molecule has 1 aromatic carbocycles. The Hall–Kier alpha value is -2.48. The van der Waals surface area contributed by atoms with Crippen LogP contribution in [0.25, 0.3) is 0 Å². The number of halogens is 2. The van der Waals surface area contributed by atoms with Gasteiger partial charge in [0.2, 0.25) is 0 Å². The first-order chi connectivity index (χ1) is 8.70. The molecule has 3 nitrogen and oxygen atoms in total. The lowest BCUT2D eigenvalue weighted by Crippen LogP contribution is -2.03. The average molecular weight is 245 g/mol. The minimum atomic E-state index is -0.893. The van der Waals surface area contributed by atoms with E-state index in [1.165, 1.54) is 6.07 Å². The molecule has 0 saturated heterocycles. The van der Waals surface area contributed by atoms with Gasteiger partial charge in [-0.2, -0.15) is 5.26 Å². The van der Waals surface area contributed by atoms with Gasteiger partial charge in [-0.05, 0) is 29.8 Å². The van der Waals surface area contributed by atoms with Gasteiger partial charge < -0.3 is 5.32 Å². The normalized spacial score (nSPS) is 9.83. The molecule has 0 spiro atoms. The fourth-order valence-electron chi connectivity index (χ4n) is 1.47. The van der Waals surface area contributed by atoms with E-state index in [9.17, 15) is 8.78 Å². The number of benzene rings is 1. The summed E-state index contributed by atoms with van der Waals surface area (Å²) in [5, 5.41) is 11.8. The lowest BCUT2D eigenvalue weighted by Gasteiger charge is -2.07. The van der Waals surface area contributed by atoms with Crippen LogP contribution in [0.1, 0.15) is 11.1 Å². The van der Waals surface area contributed by atoms with Gasteiger partial charge in [-0.1, -0.05) is 6.07 Å². The number of pyridine rings is 1. The molecule has 0 bridgehead atoms. The molecule has 0 fully saturated rings. The molecule has 1 heterocycles. The van der Waals surface area contributed by atoms with E-state index < -0.39 is 11.6 Å². The Morgan fingerprint density at radius 3 is 2.78 bits per heavy atom. The van der Waals surface area contributed by atoms with Gasteiger partial charge in [0.25, 0.3) is 0 Å². The van der Waals surface area contributed by atoms with Gasteiger partial charge in [-0.3, -0.25) is 0 Å². The zero-order chi connectivity index (χ0) is 13.0. The first-order valence-corrected chi connectivity index (χ1v) is 5.23. The summed E-state index contributed by atoms with van der Waals surface area (Å²) in [5.74, 6) is -1.35. The summed E-state index contributed by atoms with van der Waals surface area (Å²) in [6.07, 6.45) is 1.55. The molecule has 0 aliphatic rings. The van der Waals surface area contributed by atoms with Crippen molar-refractivity contribution < 1.29 is 8.78 Å². The highest BCUT2D eigenvalue weighted by Crippen LogP contribution is 2.13. The summed E-state index contributed by atoms with van der Waals surface area (Å²) in [6.45, 7) is 0.267. The van der Waals surface area contributed by atoms with Crippen molar-refractivity contribution in [2.24, 2.45) is 0 Å². The maximum absolute atomic E-state index is 13.0. The molecule has 0 aliphatic carbocycles. The van der Waals surface area contributed by atoms with Crippen LogP contribution in [0.5, 0.6) is 0 Å². The third-order valence-electron chi connectivity index (χ3n) is 2.37. The molecule has 2 aromatic rings. The van der Waals surface area contributed by atoms with Crippen molar-refractivity contribution in [1.82, 2.24) is 4.98 Å². The molecule has 1 N–H and O–H groups in total. The molecular weight excluding hydrogens is 236 g/mol. The SMILES string of the molecule is N#Cc1cccnc1NCc1ccc(F)c(F)c1. The van der Waals surface area contributed by atoms with Gasteiger partial charge in [-0.25, -0.2) is 13.8 Å². The Balaban J connectivity index is 2.12. The van der Waals surface area contributed by atoms with Gasteiger partial charge in [0.1, 0.15) is 11.9 Å². The lowest BCUT2D eigenvalue weighted by atomic mass is 10.2. The summed E-state index contributed by atoms with van der Waals surface area (Å²) in [5.41, 5.74) is 0.975. The van der Waals surface area contributed by atoms with Gasteiger partial charge in [0.05, 0.1) is 5.56 Å². The highest BCUT2D eigenvalue weighted by atomic mass is 19.2. The minimum Gasteiger partial charge on any atom is -0.365 e. The van der Waals surface area contributed by atoms with E-state index in [2.05, 4.69) is 10.3 Å².